The Kier molecular flexibility index (Phi) is 3.63. The lowest BCUT2D eigenvalue weighted by Gasteiger charge is -2.25. The average molecular weight is 282 g/mol. The third-order valence-corrected chi connectivity index (χ3v) is 3.20. The van der Waals surface area contributed by atoms with E-state index in [1.165, 1.54) is 12.1 Å². The second kappa shape index (κ2) is 4.93. The molecule has 102 valence electrons. The van der Waals surface area contributed by atoms with Crippen molar-refractivity contribution in [3.8, 4) is 11.4 Å². The quantitative estimate of drug-likeness (QED) is 0.782. The van der Waals surface area contributed by atoms with Crippen molar-refractivity contribution in [3.05, 3.63) is 35.4 Å². The summed E-state index contributed by atoms with van der Waals surface area (Å²) < 4.78 is 15.4. The Morgan fingerprint density at radius 3 is 2.53 bits per heavy atom. The normalized spacial score (nSPS) is 11.9. The zero-order valence-corrected chi connectivity index (χ0v) is 12.3. The standard InChI is InChI=1S/C14H17ClFN3/c1-9-5-6-10(16)7-11(9)13-18-17-12(8-15)19(13)14(2,3)4/h5-7H,8H2,1-4H3. The van der Waals surface area contributed by atoms with E-state index in [4.69, 9.17) is 11.6 Å². The Morgan fingerprint density at radius 2 is 1.95 bits per heavy atom. The van der Waals surface area contributed by atoms with Crippen LogP contribution in [-0.4, -0.2) is 14.8 Å². The smallest absolute Gasteiger partial charge is 0.164 e. The number of nitrogens with zero attached hydrogens (tertiary/aromatic N) is 3. The summed E-state index contributed by atoms with van der Waals surface area (Å²) in [5.74, 6) is 1.34. The van der Waals surface area contributed by atoms with Gasteiger partial charge < -0.3 is 4.57 Å². The summed E-state index contributed by atoms with van der Waals surface area (Å²) in [6.45, 7) is 8.07. The molecule has 0 spiro atoms. The van der Waals surface area contributed by atoms with Crippen LogP contribution in [0.4, 0.5) is 4.39 Å². The Labute approximate surface area is 117 Å². The number of benzene rings is 1. The number of aryl methyl sites for hydroxylation is 1. The molecule has 2 rings (SSSR count). The zero-order valence-electron chi connectivity index (χ0n) is 11.5. The van der Waals surface area contributed by atoms with E-state index < -0.39 is 0 Å². The summed E-state index contributed by atoms with van der Waals surface area (Å²) in [6, 6.07) is 4.67. The monoisotopic (exact) mass is 281 g/mol. The first-order valence-electron chi connectivity index (χ1n) is 6.12. The molecule has 1 aromatic carbocycles. The van der Waals surface area contributed by atoms with Crippen molar-refractivity contribution >= 4 is 11.6 Å². The van der Waals surface area contributed by atoms with Gasteiger partial charge in [-0.1, -0.05) is 6.07 Å². The van der Waals surface area contributed by atoms with Crippen LogP contribution >= 0.6 is 11.6 Å². The molecule has 1 aromatic heterocycles. The van der Waals surface area contributed by atoms with E-state index >= 15 is 0 Å². The van der Waals surface area contributed by atoms with Gasteiger partial charge in [-0.15, -0.1) is 21.8 Å². The molecule has 1 heterocycles. The van der Waals surface area contributed by atoms with Crippen molar-refractivity contribution in [2.24, 2.45) is 0 Å². The summed E-state index contributed by atoms with van der Waals surface area (Å²) in [5, 5.41) is 8.29. The second-order valence-electron chi connectivity index (χ2n) is 5.54. The van der Waals surface area contributed by atoms with Crippen LogP contribution in [-0.2, 0) is 11.4 Å². The highest BCUT2D eigenvalue weighted by molar-refractivity contribution is 6.16. The van der Waals surface area contributed by atoms with Gasteiger partial charge in [-0.25, -0.2) is 4.39 Å². The lowest BCUT2D eigenvalue weighted by Crippen LogP contribution is -2.25. The maximum absolute atomic E-state index is 13.5. The molecule has 0 aliphatic heterocycles. The van der Waals surface area contributed by atoms with E-state index in [9.17, 15) is 4.39 Å². The average Bonchev–Trinajstić information content (AvgIpc) is 2.75. The maximum Gasteiger partial charge on any atom is 0.164 e. The lowest BCUT2D eigenvalue weighted by molar-refractivity contribution is 0.390. The molecule has 3 nitrogen and oxygen atoms in total. The van der Waals surface area contributed by atoms with Crippen molar-refractivity contribution < 1.29 is 4.39 Å². The second-order valence-corrected chi connectivity index (χ2v) is 5.81. The molecule has 2 aromatic rings. The molecule has 0 aliphatic carbocycles. The van der Waals surface area contributed by atoms with Gasteiger partial charge in [0.2, 0.25) is 0 Å². The fraction of sp³-hybridized carbons (Fsp3) is 0.429. The van der Waals surface area contributed by atoms with Crippen LogP contribution in [0.15, 0.2) is 18.2 Å². The summed E-state index contributed by atoms with van der Waals surface area (Å²) in [6.07, 6.45) is 0. The maximum atomic E-state index is 13.5. The van der Waals surface area contributed by atoms with Gasteiger partial charge in [-0.05, 0) is 45.4 Å². The van der Waals surface area contributed by atoms with Crippen molar-refractivity contribution in [2.45, 2.75) is 39.1 Å². The summed E-state index contributed by atoms with van der Waals surface area (Å²) in [5.41, 5.74) is 1.49. The molecule has 0 radical (unpaired) electrons. The molecule has 0 aliphatic rings. The van der Waals surface area contributed by atoms with Crippen molar-refractivity contribution in [2.75, 3.05) is 0 Å². The third kappa shape index (κ3) is 2.63. The number of halogens is 2. The van der Waals surface area contributed by atoms with Crippen molar-refractivity contribution in [1.29, 1.82) is 0 Å². The number of hydrogen-bond donors (Lipinski definition) is 0. The van der Waals surface area contributed by atoms with Crippen LogP contribution in [0, 0.1) is 12.7 Å². The van der Waals surface area contributed by atoms with Gasteiger partial charge in [0.25, 0.3) is 0 Å². The van der Waals surface area contributed by atoms with Crippen molar-refractivity contribution in [1.82, 2.24) is 14.8 Å². The highest BCUT2D eigenvalue weighted by atomic mass is 35.5. The predicted octanol–water partition coefficient (Wildman–Crippen LogP) is 3.89. The molecule has 5 heteroatoms. The molecule has 0 atom stereocenters. The lowest BCUT2D eigenvalue weighted by atomic mass is 10.0. The first-order chi connectivity index (χ1) is 8.84. The molecule has 19 heavy (non-hydrogen) atoms. The first kappa shape index (κ1) is 14.0. The highest BCUT2D eigenvalue weighted by Crippen LogP contribution is 2.29. The molecule has 0 saturated carbocycles. The summed E-state index contributed by atoms with van der Waals surface area (Å²) in [4.78, 5) is 0. The Hall–Kier alpha value is -1.42. The number of alkyl halides is 1. The van der Waals surface area contributed by atoms with E-state index in [1.54, 1.807) is 6.07 Å². The topological polar surface area (TPSA) is 30.7 Å². The molecule has 0 fully saturated rings. The van der Waals surface area contributed by atoms with E-state index in [2.05, 4.69) is 10.2 Å². The number of aromatic nitrogens is 3. The van der Waals surface area contributed by atoms with E-state index in [0.29, 0.717) is 11.6 Å². The molecule has 0 unspecified atom stereocenters. The van der Waals surface area contributed by atoms with Gasteiger partial charge in [0.1, 0.15) is 11.6 Å². The van der Waals surface area contributed by atoms with E-state index in [1.807, 2.05) is 32.3 Å². The van der Waals surface area contributed by atoms with Crippen molar-refractivity contribution in [3.63, 3.8) is 0 Å². The molecular weight excluding hydrogens is 265 g/mol. The SMILES string of the molecule is Cc1ccc(F)cc1-c1nnc(CCl)n1C(C)(C)C. The minimum Gasteiger partial charge on any atom is -0.305 e. The highest BCUT2D eigenvalue weighted by Gasteiger charge is 2.24. The van der Waals surface area contributed by atoms with Gasteiger partial charge in [0, 0.05) is 11.1 Å². The summed E-state index contributed by atoms with van der Waals surface area (Å²) in [7, 11) is 0. The molecule has 0 bridgehead atoms. The molecule has 0 N–H and O–H groups in total. The fourth-order valence-electron chi connectivity index (χ4n) is 2.12. The Bertz CT molecular complexity index is 599. The van der Waals surface area contributed by atoms with Crippen LogP contribution in [0.5, 0.6) is 0 Å². The van der Waals surface area contributed by atoms with Crippen LogP contribution < -0.4 is 0 Å². The Morgan fingerprint density at radius 1 is 1.26 bits per heavy atom. The molecule has 0 saturated heterocycles. The molecular formula is C14H17ClFN3. The Balaban J connectivity index is 2.69. The van der Waals surface area contributed by atoms with Crippen LogP contribution in [0.25, 0.3) is 11.4 Å². The minimum atomic E-state index is -0.281. The minimum absolute atomic E-state index is 0.220. The number of rotatable bonds is 2. The summed E-state index contributed by atoms with van der Waals surface area (Å²) >= 11 is 5.91. The number of hydrogen-bond acceptors (Lipinski definition) is 2. The first-order valence-corrected chi connectivity index (χ1v) is 6.65. The van der Waals surface area contributed by atoms with E-state index in [0.717, 1.165) is 11.1 Å². The van der Waals surface area contributed by atoms with Crippen LogP contribution in [0.1, 0.15) is 32.2 Å². The fourth-order valence-corrected chi connectivity index (χ4v) is 2.29. The van der Waals surface area contributed by atoms with E-state index in [-0.39, 0.29) is 17.2 Å². The zero-order chi connectivity index (χ0) is 14.2. The van der Waals surface area contributed by atoms with Crippen LogP contribution in [0.3, 0.4) is 0 Å². The largest absolute Gasteiger partial charge is 0.305 e. The van der Waals surface area contributed by atoms with Gasteiger partial charge in [0.15, 0.2) is 5.82 Å². The van der Waals surface area contributed by atoms with Gasteiger partial charge >= 0.3 is 0 Å². The van der Waals surface area contributed by atoms with Gasteiger partial charge in [0.05, 0.1) is 5.88 Å². The predicted molar refractivity (Wildman–Crippen MR) is 74.7 cm³/mol. The third-order valence-electron chi connectivity index (χ3n) is 2.96. The van der Waals surface area contributed by atoms with Gasteiger partial charge in [-0.2, -0.15) is 0 Å². The molecule has 0 amide bonds. The van der Waals surface area contributed by atoms with Gasteiger partial charge in [-0.3, -0.25) is 0 Å². The van der Waals surface area contributed by atoms with Crippen LogP contribution in [0.2, 0.25) is 0 Å².